The summed E-state index contributed by atoms with van der Waals surface area (Å²) in [7, 11) is 0. The number of imidazole rings is 1. The molecule has 4 aromatic rings. The summed E-state index contributed by atoms with van der Waals surface area (Å²) in [5.41, 5.74) is 7.52. The van der Waals surface area contributed by atoms with Crippen molar-refractivity contribution in [3.63, 3.8) is 0 Å². The third-order valence-electron chi connectivity index (χ3n) is 6.66. The minimum Gasteiger partial charge on any atom is -0.378 e. The summed E-state index contributed by atoms with van der Waals surface area (Å²) in [6, 6.07) is 8.27. The molecule has 3 aliphatic rings. The first-order valence-corrected chi connectivity index (χ1v) is 13.1. The van der Waals surface area contributed by atoms with Gasteiger partial charge in [-0.15, -0.1) is 11.3 Å². The van der Waals surface area contributed by atoms with Crippen molar-refractivity contribution in [3.8, 4) is 11.1 Å². The predicted molar refractivity (Wildman–Crippen MR) is 144 cm³/mol. The number of nitrogens with zero attached hydrogens (tertiary/aromatic N) is 3. The van der Waals surface area contributed by atoms with Crippen LogP contribution in [0.4, 0.5) is 11.5 Å². The van der Waals surface area contributed by atoms with Crippen LogP contribution in [0.1, 0.15) is 53.5 Å². The minimum absolute atomic E-state index is 0.0155. The highest BCUT2D eigenvalue weighted by Gasteiger charge is 2.40. The van der Waals surface area contributed by atoms with Crippen LogP contribution < -0.4 is 21.3 Å². The fourth-order valence-electron chi connectivity index (χ4n) is 4.87. The van der Waals surface area contributed by atoms with E-state index in [-0.39, 0.29) is 18.1 Å². The Labute approximate surface area is 217 Å². The Kier molecular flexibility index (Phi) is 5.07. The molecule has 2 atom stereocenters. The molecule has 0 aromatic carbocycles. The highest BCUT2D eigenvalue weighted by molar-refractivity contribution is 7.10. The largest absolute Gasteiger partial charge is 0.378 e. The molecule has 0 radical (unpaired) electrons. The summed E-state index contributed by atoms with van der Waals surface area (Å²) < 4.78 is 0. The SMILES string of the molecule is CCCC(=O)Nc1cncc(-c2cnc3c(c2)C(c2nc4c([nH]2)C(c2cccs2)NC=C4)=C2NC2N3)c1. The van der Waals surface area contributed by atoms with E-state index >= 15 is 0 Å². The van der Waals surface area contributed by atoms with Gasteiger partial charge in [0, 0.05) is 40.4 Å². The number of thiophene rings is 1. The van der Waals surface area contributed by atoms with Crippen molar-refractivity contribution >= 4 is 40.4 Å². The number of aromatic amines is 1. The van der Waals surface area contributed by atoms with Crippen molar-refractivity contribution in [3.05, 3.63) is 87.8 Å². The topological polar surface area (TPSA) is 130 Å². The van der Waals surface area contributed by atoms with Crippen molar-refractivity contribution in [2.75, 3.05) is 10.6 Å². The molecule has 0 aliphatic carbocycles. The Hall–Kier alpha value is -4.44. The molecule has 0 spiro atoms. The lowest BCUT2D eigenvalue weighted by molar-refractivity contribution is -0.116. The van der Waals surface area contributed by atoms with Gasteiger partial charge in [0.25, 0.3) is 0 Å². The number of carbonyl (C=O) groups excluding carboxylic acids is 1. The van der Waals surface area contributed by atoms with Gasteiger partial charge in [-0.1, -0.05) is 13.0 Å². The first-order chi connectivity index (χ1) is 18.2. The number of nitrogens with one attached hydrogen (secondary N) is 5. The van der Waals surface area contributed by atoms with Crippen molar-refractivity contribution < 1.29 is 4.79 Å². The Morgan fingerprint density at radius 3 is 2.95 bits per heavy atom. The second kappa shape index (κ2) is 8.59. The lowest BCUT2D eigenvalue weighted by atomic mass is 9.99. The zero-order valence-electron chi connectivity index (χ0n) is 20.0. The zero-order chi connectivity index (χ0) is 24.9. The summed E-state index contributed by atoms with van der Waals surface area (Å²) in [6.07, 6.45) is 10.6. The van der Waals surface area contributed by atoms with Crippen molar-refractivity contribution in [1.82, 2.24) is 30.6 Å². The van der Waals surface area contributed by atoms with E-state index in [1.165, 1.54) is 4.88 Å². The van der Waals surface area contributed by atoms with E-state index in [1.807, 2.05) is 31.5 Å². The van der Waals surface area contributed by atoms with Gasteiger partial charge in [0.1, 0.15) is 23.8 Å². The molecule has 0 bridgehead atoms. The summed E-state index contributed by atoms with van der Waals surface area (Å²) >= 11 is 1.72. The van der Waals surface area contributed by atoms with E-state index in [2.05, 4.69) is 54.8 Å². The predicted octanol–water partition coefficient (Wildman–Crippen LogP) is 4.44. The molecule has 7 heterocycles. The number of rotatable bonds is 6. The molecule has 2 unspecified atom stereocenters. The van der Waals surface area contributed by atoms with Gasteiger partial charge in [-0.25, -0.2) is 9.97 Å². The summed E-state index contributed by atoms with van der Waals surface area (Å²) in [5.74, 6) is 1.60. The molecule has 4 aromatic heterocycles. The number of amides is 1. The van der Waals surface area contributed by atoms with E-state index in [0.29, 0.717) is 12.1 Å². The van der Waals surface area contributed by atoms with Crippen LogP contribution in [0, 0.1) is 0 Å². The van der Waals surface area contributed by atoms with Crippen molar-refractivity contribution in [1.29, 1.82) is 0 Å². The lowest BCUT2D eigenvalue weighted by Gasteiger charge is -2.18. The Morgan fingerprint density at radius 2 is 2.08 bits per heavy atom. The molecule has 1 saturated heterocycles. The van der Waals surface area contributed by atoms with Crippen LogP contribution in [0.2, 0.25) is 0 Å². The Morgan fingerprint density at radius 1 is 1.16 bits per heavy atom. The van der Waals surface area contributed by atoms with Gasteiger partial charge >= 0.3 is 0 Å². The van der Waals surface area contributed by atoms with Crippen LogP contribution in [0.15, 0.2) is 60.1 Å². The van der Waals surface area contributed by atoms with E-state index in [4.69, 9.17) is 9.97 Å². The molecular formula is C27H24N8OS. The van der Waals surface area contributed by atoms with Gasteiger partial charge in [0.15, 0.2) is 0 Å². The van der Waals surface area contributed by atoms with Gasteiger partial charge in [0.2, 0.25) is 5.91 Å². The van der Waals surface area contributed by atoms with Crippen LogP contribution in [0.5, 0.6) is 0 Å². The maximum absolute atomic E-state index is 12.1. The van der Waals surface area contributed by atoms with Gasteiger partial charge in [-0.2, -0.15) is 0 Å². The van der Waals surface area contributed by atoms with Crippen LogP contribution in [-0.2, 0) is 4.79 Å². The fraction of sp³-hybridized carbons (Fsp3) is 0.185. The van der Waals surface area contributed by atoms with Gasteiger partial charge in [0.05, 0.1) is 34.5 Å². The summed E-state index contributed by atoms with van der Waals surface area (Å²) in [6.45, 7) is 1.98. The maximum atomic E-state index is 12.1. The number of carbonyl (C=O) groups is 1. The molecule has 0 saturated carbocycles. The normalized spacial score (nSPS) is 18.6. The number of H-pyrrole nitrogens is 1. The highest BCUT2D eigenvalue weighted by atomic mass is 32.1. The average molecular weight is 509 g/mol. The highest BCUT2D eigenvalue weighted by Crippen LogP contribution is 2.43. The molecular weight excluding hydrogens is 484 g/mol. The standard InChI is InChI=1S/C27H24N8OS/c1-2-4-20(36)31-16-9-14(11-28-13-16)15-10-17-21(24-27(34-24)35-25(17)30-12-15)26-32-18-6-7-29-23(22(18)33-26)19-5-3-8-37-19/h3,5-13,23,27,29,34H,2,4H2,1H3,(H,30,35)(H,31,36)(H,32,33). The number of pyridine rings is 2. The second-order valence-corrected chi connectivity index (χ2v) is 10.2. The summed E-state index contributed by atoms with van der Waals surface area (Å²) in [5, 5.41) is 15.3. The second-order valence-electron chi connectivity index (χ2n) is 9.22. The van der Waals surface area contributed by atoms with Gasteiger partial charge in [-0.3, -0.25) is 9.78 Å². The van der Waals surface area contributed by atoms with E-state index in [0.717, 1.165) is 57.4 Å². The Bertz CT molecular complexity index is 1590. The number of aromatic nitrogens is 4. The first kappa shape index (κ1) is 21.8. The van der Waals surface area contributed by atoms with Crippen molar-refractivity contribution in [2.24, 2.45) is 0 Å². The number of hydrogen-bond donors (Lipinski definition) is 5. The number of anilines is 2. The summed E-state index contributed by atoms with van der Waals surface area (Å²) in [4.78, 5) is 31.0. The van der Waals surface area contributed by atoms with Crippen LogP contribution in [0.3, 0.4) is 0 Å². The molecule has 5 N–H and O–H groups in total. The molecule has 1 amide bonds. The van der Waals surface area contributed by atoms with Crippen LogP contribution >= 0.6 is 11.3 Å². The first-order valence-electron chi connectivity index (χ1n) is 12.3. The van der Waals surface area contributed by atoms with Crippen molar-refractivity contribution in [2.45, 2.75) is 32.0 Å². The van der Waals surface area contributed by atoms with E-state index < -0.39 is 0 Å². The molecule has 7 rings (SSSR count). The average Bonchev–Trinajstić information content (AvgIpc) is 3.27. The van der Waals surface area contributed by atoms with E-state index in [1.54, 1.807) is 23.7 Å². The molecule has 184 valence electrons. The molecule has 37 heavy (non-hydrogen) atoms. The smallest absolute Gasteiger partial charge is 0.224 e. The number of hydrogen-bond acceptors (Lipinski definition) is 8. The third-order valence-corrected chi connectivity index (χ3v) is 7.60. The number of fused-ring (bicyclic) bond motifs is 3. The monoisotopic (exact) mass is 508 g/mol. The van der Waals surface area contributed by atoms with Crippen LogP contribution in [-0.4, -0.2) is 32.0 Å². The Balaban J connectivity index is 1.26. The lowest BCUT2D eigenvalue weighted by Crippen LogP contribution is -2.19. The van der Waals surface area contributed by atoms with E-state index in [9.17, 15) is 4.79 Å². The van der Waals surface area contributed by atoms with Gasteiger partial charge < -0.3 is 26.3 Å². The molecule has 1 fully saturated rings. The molecule has 10 heteroatoms. The maximum Gasteiger partial charge on any atom is 0.224 e. The van der Waals surface area contributed by atoms with Gasteiger partial charge in [-0.05, 0) is 42.3 Å². The molecule has 3 aliphatic heterocycles. The van der Waals surface area contributed by atoms with Crippen LogP contribution in [0.25, 0.3) is 22.8 Å². The fourth-order valence-corrected chi connectivity index (χ4v) is 5.67. The third kappa shape index (κ3) is 3.86. The quantitative estimate of drug-likeness (QED) is 0.243. The zero-order valence-corrected chi connectivity index (χ0v) is 20.8. The molecule has 9 nitrogen and oxygen atoms in total. The minimum atomic E-state index is -0.0155.